The van der Waals surface area contributed by atoms with Crippen molar-refractivity contribution in [2.24, 2.45) is 7.05 Å². The van der Waals surface area contributed by atoms with Crippen molar-refractivity contribution in [2.45, 2.75) is 6.42 Å². The highest BCUT2D eigenvalue weighted by Crippen LogP contribution is 2.24. The summed E-state index contributed by atoms with van der Waals surface area (Å²) >= 11 is 5.95. The number of rotatable bonds is 2. The van der Waals surface area contributed by atoms with E-state index in [9.17, 15) is 9.59 Å². The number of carboxylic acid groups (broad SMARTS) is 1. The molecule has 0 aliphatic carbocycles. The third-order valence-corrected chi connectivity index (χ3v) is 2.54. The van der Waals surface area contributed by atoms with Crippen LogP contribution in [0.4, 0.5) is 0 Å². The van der Waals surface area contributed by atoms with E-state index in [4.69, 9.17) is 21.1 Å². The summed E-state index contributed by atoms with van der Waals surface area (Å²) in [5, 5.41) is 8.96. The van der Waals surface area contributed by atoms with Gasteiger partial charge in [0.05, 0.1) is 11.4 Å². The fraction of sp³-hybridized carbons (Fsp3) is 0.200. The molecule has 0 saturated heterocycles. The Kier molecular flexibility index (Phi) is 2.47. The number of aryl methyl sites for hydroxylation is 1. The van der Waals surface area contributed by atoms with Gasteiger partial charge in [0.15, 0.2) is 5.58 Å². The molecule has 1 N–H and O–H groups in total. The topological polar surface area (TPSA) is 72.4 Å². The van der Waals surface area contributed by atoms with Crippen LogP contribution in [0.15, 0.2) is 21.3 Å². The number of hydrogen-bond donors (Lipinski definition) is 1. The minimum absolute atomic E-state index is 0.158. The molecular formula is C10H8ClNO4. The smallest absolute Gasteiger partial charge is 0.419 e. The van der Waals surface area contributed by atoms with Crippen LogP contribution in [0.25, 0.3) is 11.1 Å². The third kappa shape index (κ3) is 1.69. The number of hydrogen-bond acceptors (Lipinski definition) is 3. The number of carbonyl (C=O) groups is 1. The monoisotopic (exact) mass is 241 g/mol. The fourth-order valence-electron chi connectivity index (χ4n) is 1.56. The molecule has 0 unspecified atom stereocenters. The number of carboxylic acids is 1. The summed E-state index contributed by atoms with van der Waals surface area (Å²) in [4.78, 5) is 21.8. The first-order chi connectivity index (χ1) is 7.49. The Bertz CT molecular complexity index is 626. The number of aliphatic carboxylic acids is 1. The van der Waals surface area contributed by atoms with Crippen molar-refractivity contribution >= 4 is 28.7 Å². The molecule has 0 saturated carbocycles. The molecule has 6 heteroatoms. The van der Waals surface area contributed by atoms with Crippen molar-refractivity contribution in [3.05, 3.63) is 33.3 Å². The Hall–Kier alpha value is -1.75. The van der Waals surface area contributed by atoms with Gasteiger partial charge in [-0.05, 0) is 17.7 Å². The van der Waals surface area contributed by atoms with Gasteiger partial charge in [0.25, 0.3) is 0 Å². The van der Waals surface area contributed by atoms with Crippen LogP contribution in [-0.4, -0.2) is 15.6 Å². The lowest BCUT2D eigenvalue weighted by molar-refractivity contribution is -0.136. The summed E-state index contributed by atoms with van der Waals surface area (Å²) in [6, 6.07) is 3.03. The van der Waals surface area contributed by atoms with Crippen molar-refractivity contribution in [3.63, 3.8) is 0 Å². The van der Waals surface area contributed by atoms with Crippen LogP contribution in [-0.2, 0) is 18.3 Å². The summed E-state index contributed by atoms with van der Waals surface area (Å²) in [5.41, 5.74) is 1.27. The molecule has 0 bridgehead atoms. The molecule has 16 heavy (non-hydrogen) atoms. The second-order valence-corrected chi connectivity index (χ2v) is 3.83. The maximum absolute atomic E-state index is 11.2. The summed E-state index contributed by atoms with van der Waals surface area (Å²) in [6.07, 6.45) is -0.158. The standard InChI is InChI=1S/C10H8ClNO4/c1-12-9-6(11)2-5(4-8(13)14)3-7(9)16-10(12)15/h2-3H,4H2,1H3,(H,13,14). The molecular weight excluding hydrogens is 234 g/mol. The molecule has 0 atom stereocenters. The van der Waals surface area contributed by atoms with E-state index in [1.54, 1.807) is 0 Å². The van der Waals surface area contributed by atoms with Crippen LogP contribution in [0, 0.1) is 0 Å². The van der Waals surface area contributed by atoms with Crippen molar-refractivity contribution in [1.29, 1.82) is 0 Å². The summed E-state index contributed by atoms with van der Waals surface area (Å²) < 4.78 is 6.21. The molecule has 0 radical (unpaired) electrons. The maximum Gasteiger partial charge on any atom is 0.419 e. The van der Waals surface area contributed by atoms with Crippen LogP contribution < -0.4 is 5.76 Å². The van der Waals surface area contributed by atoms with E-state index in [2.05, 4.69) is 0 Å². The molecule has 0 fully saturated rings. The average molecular weight is 242 g/mol. The summed E-state index contributed by atoms with van der Waals surface area (Å²) in [7, 11) is 1.54. The molecule has 2 rings (SSSR count). The second kappa shape index (κ2) is 3.68. The average Bonchev–Trinajstić information content (AvgIpc) is 2.41. The SMILES string of the molecule is Cn1c(=O)oc2cc(CC(=O)O)cc(Cl)c21. The van der Waals surface area contributed by atoms with Gasteiger partial charge >= 0.3 is 11.7 Å². The van der Waals surface area contributed by atoms with E-state index in [0.29, 0.717) is 21.7 Å². The molecule has 2 aromatic rings. The third-order valence-electron chi connectivity index (χ3n) is 2.25. The van der Waals surface area contributed by atoms with Crippen LogP contribution in [0.1, 0.15) is 5.56 Å². The lowest BCUT2D eigenvalue weighted by Gasteiger charge is -2.00. The van der Waals surface area contributed by atoms with Gasteiger partial charge in [-0.1, -0.05) is 11.6 Å². The van der Waals surface area contributed by atoms with Gasteiger partial charge < -0.3 is 9.52 Å². The molecule has 0 aliphatic rings. The molecule has 0 spiro atoms. The van der Waals surface area contributed by atoms with E-state index >= 15 is 0 Å². The van der Waals surface area contributed by atoms with Crippen LogP contribution in [0.5, 0.6) is 0 Å². The molecule has 1 heterocycles. The lowest BCUT2D eigenvalue weighted by Crippen LogP contribution is -2.08. The van der Waals surface area contributed by atoms with Gasteiger partial charge in [0, 0.05) is 7.05 Å². The Morgan fingerprint density at radius 2 is 2.25 bits per heavy atom. The highest BCUT2D eigenvalue weighted by Gasteiger charge is 2.12. The van der Waals surface area contributed by atoms with Gasteiger partial charge in [0.2, 0.25) is 0 Å². The van der Waals surface area contributed by atoms with E-state index in [-0.39, 0.29) is 6.42 Å². The molecule has 1 aromatic carbocycles. The number of fused-ring (bicyclic) bond motifs is 1. The second-order valence-electron chi connectivity index (χ2n) is 3.42. The zero-order chi connectivity index (χ0) is 11.9. The minimum Gasteiger partial charge on any atom is -0.481 e. The van der Waals surface area contributed by atoms with Crippen LogP contribution in [0.3, 0.4) is 0 Å². The number of oxazole rings is 1. The highest BCUT2D eigenvalue weighted by molar-refractivity contribution is 6.35. The normalized spacial score (nSPS) is 10.9. The zero-order valence-electron chi connectivity index (χ0n) is 8.36. The summed E-state index contributed by atoms with van der Waals surface area (Å²) in [5.74, 6) is -1.49. The molecule has 0 amide bonds. The van der Waals surface area contributed by atoms with E-state index in [1.165, 1.54) is 23.7 Å². The van der Waals surface area contributed by atoms with Gasteiger partial charge in [-0.2, -0.15) is 0 Å². The first-order valence-electron chi connectivity index (χ1n) is 4.49. The van der Waals surface area contributed by atoms with Gasteiger partial charge in [-0.15, -0.1) is 0 Å². The maximum atomic E-state index is 11.2. The van der Waals surface area contributed by atoms with E-state index < -0.39 is 11.7 Å². The highest BCUT2D eigenvalue weighted by atomic mass is 35.5. The number of halogens is 1. The summed E-state index contributed by atoms with van der Waals surface area (Å²) in [6.45, 7) is 0. The van der Waals surface area contributed by atoms with E-state index in [0.717, 1.165) is 0 Å². The largest absolute Gasteiger partial charge is 0.481 e. The van der Waals surface area contributed by atoms with E-state index in [1.807, 2.05) is 0 Å². The van der Waals surface area contributed by atoms with Crippen molar-refractivity contribution in [1.82, 2.24) is 4.57 Å². The predicted molar refractivity (Wildman–Crippen MR) is 57.8 cm³/mol. The number of benzene rings is 1. The van der Waals surface area contributed by atoms with Gasteiger partial charge in [-0.25, -0.2) is 4.79 Å². The molecule has 84 valence electrons. The van der Waals surface area contributed by atoms with Gasteiger partial charge in [0.1, 0.15) is 5.52 Å². The Labute approximate surface area is 94.9 Å². The zero-order valence-corrected chi connectivity index (χ0v) is 9.11. The van der Waals surface area contributed by atoms with Gasteiger partial charge in [-0.3, -0.25) is 9.36 Å². The lowest BCUT2D eigenvalue weighted by atomic mass is 10.1. The van der Waals surface area contributed by atoms with Crippen molar-refractivity contribution < 1.29 is 14.3 Å². The Balaban J connectivity index is 2.68. The van der Waals surface area contributed by atoms with Crippen LogP contribution in [0.2, 0.25) is 5.02 Å². The first kappa shape index (κ1) is 10.8. The molecule has 5 nitrogen and oxygen atoms in total. The Morgan fingerprint density at radius 3 is 2.88 bits per heavy atom. The minimum atomic E-state index is -0.964. The fourth-order valence-corrected chi connectivity index (χ4v) is 1.92. The number of nitrogens with zero attached hydrogens (tertiary/aromatic N) is 1. The first-order valence-corrected chi connectivity index (χ1v) is 4.86. The molecule has 0 aliphatic heterocycles. The van der Waals surface area contributed by atoms with Crippen LogP contribution >= 0.6 is 11.6 Å². The Morgan fingerprint density at radius 1 is 1.56 bits per heavy atom. The predicted octanol–water partition coefficient (Wildman–Crippen LogP) is 1.41. The molecule has 1 aromatic heterocycles. The quantitative estimate of drug-likeness (QED) is 0.863. The van der Waals surface area contributed by atoms with Crippen molar-refractivity contribution in [2.75, 3.05) is 0 Å². The van der Waals surface area contributed by atoms with Crippen molar-refractivity contribution in [3.8, 4) is 0 Å². The number of aromatic nitrogens is 1.